The lowest BCUT2D eigenvalue weighted by Crippen LogP contribution is -2.19. The van der Waals surface area contributed by atoms with Crippen molar-refractivity contribution in [3.63, 3.8) is 0 Å². The van der Waals surface area contributed by atoms with E-state index in [0.717, 1.165) is 21.9 Å². The average molecular weight is 438 g/mol. The summed E-state index contributed by atoms with van der Waals surface area (Å²) in [6.45, 7) is 1.97. The van der Waals surface area contributed by atoms with Gasteiger partial charge in [0.25, 0.3) is 5.91 Å². The van der Waals surface area contributed by atoms with E-state index >= 15 is 0 Å². The molecule has 162 valence electrons. The van der Waals surface area contributed by atoms with Crippen molar-refractivity contribution in [1.82, 2.24) is 30.7 Å². The lowest BCUT2D eigenvalue weighted by atomic mass is 10.1. The molecule has 0 aliphatic rings. The number of nitrogens with two attached hydrogens (primary N) is 1. The van der Waals surface area contributed by atoms with Crippen molar-refractivity contribution in [1.29, 1.82) is 0 Å². The summed E-state index contributed by atoms with van der Waals surface area (Å²) in [5, 5.41) is 21.7. The van der Waals surface area contributed by atoms with Crippen molar-refractivity contribution in [3.05, 3.63) is 83.6 Å². The maximum atomic E-state index is 13.0. The highest BCUT2D eigenvalue weighted by molar-refractivity contribution is 6.01. The Morgan fingerprint density at radius 3 is 2.64 bits per heavy atom. The van der Waals surface area contributed by atoms with Gasteiger partial charge in [-0.15, -0.1) is 5.10 Å². The minimum Gasteiger partial charge on any atom is -0.378 e. The number of nitrogen functional groups attached to an aromatic ring is 1. The van der Waals surface area contributed by atoms with Crippen LogP contribution in [0.2, 0.25) is 0 Å². The molecule has 2 heterocycles. The minimum absolute atomic E-state index is 0.0224. The van der Waals surface area contributed by atoms with Gasteiger partial charge in [-0.05, 0) is 28.0 Å². The van der Waals surface area contributed by atoms with Crippen molar-refractivity contribution >= 4 is 28.7 Å². The fourth-order valence-corrected chi connectivity index (χ4v) is 3.47. The van der Waals surface area contributed by atoms with Gasteiger partial charge in [0.05, 0.1) is 6.21 Å². The molecule has 33 heavy (non-hydrogen) atoms. The molecule has 0 aliphatic heterocycles. The van der Waals surface area contributed by atoms with E-state index in [-0.39, 0.29) is 17.3 Å². The number of fused-ring (bicyclic) bond motifs is 1. The van der Waals surface area contributed by atoms with Crippen molar-refractivity contribution < 1.29 is 9.42 Å². The summed E-state index contributed by atoms with van der Waals surface area (Å²) in [6, 6.07) is 21.3. The predicted octanol–water partition coefficient (Wildman–Crippen LogP) is 3.13. The SMILES string of the molecule is Cc1ccc(-c2c(C(=O)N/N=C/c3cccc4ccccc34)nnn2-c2nonc2N)cc1. The zero-order valence-electron chi connectivity index (χ0n) is 17.5. The zero-order chi connectivity index (χ0) is 22.8. The highest BCUT2D eigenvalue weighted by atomic mass is 16.6. The number of nitrogens with one attached hydrogen (secondary N) is 1. The van der Waals surface area contributed by atoms with Gasteiger partial charge < -0.3 is 5.73 Å². The molecular weight excluding hydrogens is 420 g/mol. The molecule has 5 rings (SSSR count). The van der Waals surface area contributed by atoms with Gasteiger partial charge in [-0.2, -0.15) is 9.78 Å². The standard InChI is InChI=1S/C23H18N8O2/c1-14-9-11-16(12-10-14)20-19(26-30-31(20)22-21(24)28-33-29-22)23(32)27-25-13-17-7-4-6-15-5-2-3-8-18(15)17/h2-13H,1H3,(H2,24,28)(H,27,32)/b25-13+. The molecule has 10 nitrogen and oxygen atoms in total. The molecule has 2 aromatic heterocycles. The van der Waals surface area contributed by atoms with Gasteiger partial charge in [0, 0.05) is 11.1 Å². The molecule has 3 aromatic carbocycles. The highest BCUT2D eigenvalue weighted by Crippen LogP contribution is 2.26. The van der Waals surface area contributed by atoms with E-state index in [1.165, 1.54) is 4.68 Å². The van der Waals surface area contributed by atoms with E-state index in [1.54, 1.807) is 6.21 Å². The topological polar surface area (TPSA) is 137 Å². The van der Waals surface area contributed by atoms with E-state index in [2.05, 4.69) is 31.2 Å². The minimum atomic E-state index is -0.539. The van der Waals surface area contributed by atoms with Crippen LogP contribution in [0.15, 0.2) is 76.5 Å². The van der Waals surface area contributed by atoms with E-state index in [9.17, 15) is 4.79 Å². The number of amides is 1. The number of hydrazone groups is 1. The molecule has 10 heteroatoms. The Balaban J connectivity index is 1.49. The van der Waals surface area contributed by atoms with Gasteiger partial charge in [-0.3, -0.25) is 4.79 Å². The highest BCUT2D eigenvalue weighted by Gasteiger charge is 2.25. The second kappa shape index (κ2) is 8.35. The number of carbonyl (C=O) groups is 1. The molecule has 0 spiro atoms. The third-order valence-electron chi connectivity index (χ3n) is 5.10. The molecule has 0 fully saturated rings. The van der Waals surface area contributed by atoms with Gasteiger partial charge in [-0.25, -0.2) is 10.1 Å². The number of rotatable bonds is 5. The number of benzene rings is 3. The smallest absolute Gasteiger partial charge is 0.294 e. The third kappa shape index (κ3) is 3.81. The number of hydrogen-bond acceptors (Lipinski definition) is 8. The van der Waals surface area contributed by atoms with Gasteiger partial charge in [0.2, 0.25) is 11.6 Å². The lowest BCUT2D eigenvalue weighted by molar-refractivity contribution is 0.0950. The molecular formula is C23H18N8O2. The summed E-state index contributed by atoms with van der Waals surface area (Å²) in [4.78, 5) is 13.0. The molecule has 0 bridgehead atoms. The normalized spacial score (nSPS) is 11.3. The fourth-order valence-electron chi connectivity index (χ4n) is 3.47. The monoisotopic (exact) mass is 438 g/mol. The second-order valence-corrected chi connectivity index (χ2v) is 7.31. The Hall–Kier alpha value is -4.86. The van der Waals surface area contributed by atoms with Crippen molar-refractivity contribution in [2.75, 3.05) is 5.73 Å². The molecule has 0 unspecified atom stereocenters. The van der Waals surface area contributed by atoms with Crippen LogP contribution in [-0.2, 0) is 0 Å². The van der Waals surface area contributed by atoms with Gasteiger partial charge in [0.15, 0.2) is 5.69 Å². The quantitative estimate of drug-likeness (QED) is 0.318. The summed E-state index contributed by atoms with van der Waals surface area (Å²) >= 11 is 0. The van der Waals surface area contributed by atoms with E-state index in [0.29, 0.717) is 11.3 Å². The summed E-state index contributed by atoms with van der Waals surface area (Å²) in [7, 11) is 0. The van der Waals surface area contributed by atoms with Gasteiger partial charge >= 0.3 is 0 Å². The largest absolute Gasteiger partial charge is 0.378 e. The van der Waals surface area contributed by atoms with E-state index in [4.69, 9.17) is 10.4 Å². The van der Waals surface area contributed by atoms with Crippen LogP contribution < -0.4 is 11.2 Å². The molecule has 0 aliphatic carbocycles. The first kappa shape index (κ1) is 20.1. The van der Waals surface area contributed by atoms with Crippen LogP contribution in [0, 0.1) is 6.92 Å². The average Bonchev–Trinajstić information content (AvgIpc) is 3.45. The Morgan fingerprint density at radius 1 is 1.06 bits per heavy atom. The van der Waals surface area contributed by atoms with Crippen LogP contribution in [0.25, 0.3) is 27.8 Å². The van der Waals surface area contributed by atoms with Crippen LogP contribution in [0.5, 0.6) is 0 Å². The van der Waals surface area contributed by atoms with Crippen molar-refractivity contribution in [2.24, 2.45) is 5.10 Å². The van der Waals surface area contributed by atoms with Crippen LogP contribution in [0.4, 0.5) is 5.82 Å². The second-order valence-electron chi connectivity index (χ2n) is 7.31. The van der Waals surface area contributed by atoms with Crippen LogP contribution in [0.1, 0.15) is 21.6 Å². The molecule has 0 atom stereocenters. The lowest BCUT2D eigenvalue weighted by Gasteiger charge is -2.06. The fraction of sp³-hybridized carbons (Fsp3) is 0.0435. The van der Waals surface area contributed by atoms with E-state index < -0.39 is 5.91 Å². The maximum Gasteiger partial charge on any atom is 0.294 e. The number of nitrogens with zero attached hydrogens (tertiary/aromatic N) is 6. The van der Waals surface area contributed by atoms with Crippen LogP contribution >= 0.6 is 0 Å². The molecule has 5 aromatic rings. The Bertz CT molecular complexity index is 1480. The van der Waals surface area contributed by atoms with Crippen LogP contribution in [0.3, 0.4) is 0 Å². The molecule has 1 amide bonds. The van der Waals surface area contributed by atoms with Crippen LogP contribution in [-0.4, -0.2) is 37.4 Å². The Kier molecular flexibility index (Phi) is 5.07. The number of carbonyl (C=O) groups excluding carboxylic acids is 1. The van der Waals surface area contributed by atoms with Gasteiger partial charge in [-0.1, -0.05) is 77.5 Å². The Morgan fingerprint density at radius 2 is 1.85 bits per heavy atom. The number of anilines is 1. The molecule has 3 N–H and O–H groups in total. The summed E-state index contributed by atoms with van der Waals surface area (Å²) in [6.07, 6.45) is 1.59. The first-order chi connectivity index (χ1) is 16.1. The summed E-state index contributed by atoms with van der Waals surface area (Å²) in [5.74, 6) is -0.381. The first-order valence-electron chi connectivity index (χ1n) is 10.0. The Labute approximate surface area is 187 Å². The molecule has 0 saturated carbocycles. The van der Waals surface area contributed by atoms with E-state index in [1.807, 2.05) is 73.7 Å². The number of aromatic nitrogens is 5. The number of aryl methyl sites for hydroxylation is 1. The first-order valence-corrected chi connectivity index (χ1v) is 10.0. The third-order valence-corrected chi connectivity index (χ3v) is 5.10. The maximum absolute atomic E-state index is 13.0. The molecule has 0 saturated heterocycles. The predicted molar refractivity (Wildman–Crippen MR) is 123 cm³/mol. The summed E-state index contributed by atoms with van der Waals surface area (Å²) in [5.41, 5.74) is 11.4. The van der Waals surface area contributed by atoms with Crippen molar-refractivity contribution in [3.8, 4) is 17.1 Å². The molecule has 0 radical (unpaired) electrons. The summed E-state index contributed by atoms with van der Waals surface area (Å²) < 4.78 is 6.01. The van der Waals surface area contributed by atoms with Gasteiger partial charge in [0.1, 0.15) is 5.69 Å². The number of hydrogen-bond donors (Lipinski definition) is 2. The van der Waals surface area contributed by atoms with Crippen molar-refractivity contribution in [2.45, 2.75) is 6.92 Å². The zero-order valence-corrected chi connectivity index (χ0v) is 17.5.